The standard InChI is InChI=1S/C10H10N2O2S/c1-6-4-15-5-9(6)12-10(13)8-3-11-14-7(8)2/h3-5H,1-2H3,(H,12,13). The van der Waals surface area contributed by atoms with E-state index >= 15 is 0 Å². The third kappa shape index (κ3) is 1.92. The van der Waals surface area contributed by atoms with Gasteiger partial charge in [0.15, 0.2) is 0 Å². The van der Waals surface area contributed by atoms with Crippen LogP contribution in [0.15, 0.2) is 21.5 Å². The number of carbonyl (C=O) groups is 1. The van der Waals surface area contributed by atoms with Gasteiger partial charge in [-0.1, -0.05) is 5.16 Å². The summed E-state index contributed by atoms with van der Waals surface area (Å²) in [6.07, 6.45) is 1.42. The lowest BCUT2D eigenvalue weighted by Gasteiger charge is -2.01. The molecule has 0 radical (unpaired) electrons. The normalized spacial score (nSPS) is 10.3. The summed E-state index contributed by atoms with van der Waals surface area (Å²) in [4.78, 5) is 11.7. The molecule has 0 fully saturated rings. The summed E-state index contributed by atoms with van der Waals surface area (Å²) < 4.78 is 4.83. The Morgan fingerprint density at radius 1 is 1.47 bits per heavy atom. The van der Waals surface area contributed by atoms with E-state index < -0.39 is 0 Å². The predicted molar refractivity (Wildman–Crippen MR) is 58.2 cm³/mol. The van der Waals surface area contributed by atoms with E-state index in [0.717, 1.165) is 11.3 Å². The van der Waals surface area contributed by atoms with Gasteiger partial charge < -0.3 is 9.84 Å². The molecule has 0 aromatic carbocycles. The van der Waals surface area contributed by atoms with Crippen LogP contribution in [-0.4, -0.2) is 11.1 Å². The number of nitrogens with zero attached hydrogens (tertiary/aromatic N) is 1. The molecule has 78 valence electrons. The van der Waals surface area contributed by atoms with Crippen molar-refractivity contribution in [3.8, 4) is 0 Å². The van der Waals surface area contributed by atoms with Crippen molar-refractivity contribution in [1.82, 2.24) is 5.16 Å². The molecule has 0 saturated heterocycles. The number of aryl methyl sites for hydroxylation is 2. The summed E-state index contributed by atoms with van der Waals surface area (Å²) in [5.74, 6) is 0.343. The molecule has 15 heavy (non-hydrogen) atoms. The first-order valence-corrected chi connectivity index (χ1v) is 5.38. The van der Waals surface area contributed by atoms with Crippen molar-refractivity contribution < 1.29 is 9.32 Å². The van der Waals surface area contributed by atoms with Crippen LogP contribution in [0.1, 0.15) is 21.7 Å². The van der Waals surface area contributed by atoms with Crippen LogP contribution < -0.4 is 5.32 Å². The average Bonchev–Trinajstić information content (AvgIpc) is 2.76. The highest BCUT2D eigenvalue weighted by atomic mass is 32.1. The Morgan fingerprint density at radius 2 is 2.27 bits per heavy atom. The molecule has 0 aliphatic rings. The molecule has 0 bridgehead atoms. The highest BCUT2D eigenvalue weighted by molar-refractivity contribution is 7.08. The minimum absolute atomic E-state index is 0.185. The summed E-state index contributed by atoms with van der Waals surface area (Å²) in [6, 6.07) is 0. The van der Waals surface area contributed by atoms with Crippen LogP contribution in [0, 0.1) is 13.8 Å². The number of hydrogen-bond donors (Lipinski definition) is 1. The molecule has 4 nitrogen and oxygen atoms in total. The second-order valence-electron chi connectivity index (χ2n) is 3.22. The van der Waals surface area contributed by atoms with Crippen LogP contribution in [0.25, 0.3) is 0 Å². The first kappa shape index (κ1) is 9.92. The van der Waals surface area contributed by atoms with Crippen molar-refractivity contribution in [2.24, 2.45) is 0 Å². The molecular formula is C10H10N2O2S. The summed E-state index contributed by atoms with van der Waals surface area (Å²) in [6.45, 7) is 3.66. The number of amides is 1. The first-order valence-electron chi connectivity index (χ1n) is 4.44. The number of rotatable bonds is 2. The number of aromatic nitrogens is 1. The molecule has 1 amide bonds. The molecule has 5 heteroatoms. The molecule has 0 aliphatic carbocycles. The minimum Gasteiger partial charge on any atom is -0.361 e. The Labute approximate surface area is 90.9 Å². The maximum absolute atomic E-state index is 11.7. The number of hydrogen-bond acceptors (Lipinski definition) is 4. The van der Waals surface area contributed by atoms with E-state index in [1.54, 1.807) is 18.3 Å². The molecular weight excluding hydrogens is 212 g/mol. The summed E-state index contributed by atoms with van der Waals surface area (Å²) in [5.41, 5.74) is 2.37. The van der Waals surface area contributed by atoms with Crippen molar-refractivity contribution >= 4 is 22.9 Å². The molecule has 0 saturated carbocycles. The fourth-order valence-corrected chi connectivity index (χ4v) is 1.97. The summed E-state index contributed by atoms with van der Waals surface area (Å²) in [7, 11) is 0. The van der Waals surface area contributed by atoms with Gasteiger partial charge >= 0.3 is 0 Å². The highest BCUT2D eigenvalue weighted by Crippen LogP contribution is 2.20. The van der Waals surface area contributed by atoms with Crippen molar-refractivity contribution in [3.05, 3.63) is 33.8 Å². The van der Waals surface area contributed by atoms with Crippen molar-refractivity contribution in [1.29, 1.82) is 0 Å². The van der Waals surface area contributed by atoms with Gasteiger partial charge in [0.25, 0.3) is 5.91 Å². The Morgan fingerprint density at radius 3 is 2.80 bits per heavy atom. The van der Waals surface area contributed by atoms with Crippen molar-refractivity contribution in [3.63, 3.8) is 0 Å². The lowest BCUT2D eigenvalue weighted by Crippen LogP contribution is -2.12. The molecule has 1 N–H and O–H groups in total. The average molecular weight is 222 g/mol. The first-order chi connectivity index (χ1) is 7.18. The van der Waals surface area contributed by atoms with Gasteiger partial charge in [-0.25, -0.2) is 0 Å². The molecule has 2 heterocycles. The maximum Gasteiger partial charge on any atom is 0.260 e. The largest absolute Gasteiger partial charge is 0.361 e. The van der Waals surface area contributed by atoms with E-state index in [-0.39, 0.29) is 5.91 Å². The van der Waals surface area contributed by atoms with E-state index in [1.165, 1.54) is 6.20 Å². The van der Waals surface area contributed by atoms with Crippen LogP contribution >= 0.6 is 11.3 Å². The molecule has 0 atom stereocenters. The zero-order chi connectivity index (χ0) is 10.8. The van der Waals surface area contributed by atoms with Crippen molar-refractivity contribution in [2.45, 2.75) is 13.8 Å². The number of carbonyl (C=O) groups excluding carboxylic acids is 1. The molecule has 2 aromatic heterocycles. The number of nitrogens with one attached hydrogen (secondary N) is 1. The predicted octanol–water partition coefficient (Wildman–Crippen LogP) is 2.61. The van der Waals surface area contributed by atoms with Crippen LogP contribution in [-0.2, 0) is 0 Å². The van der Waals surface area contributed by atoms with E-state index in [9.17, 15) is 4.79 Å². The Kier molecular flexibility index (Phi) is 2.55. The fourth-order valence-electron chi connectivity index (χ4n) is 1.19. The van der Waals surface area contributed by atoms with Gasteiger partial charge in [0.05, 0.1) is 11.9 Å². The van der Waals surface area contributed by atoms with E-state index in [4.69, 9.17) is 4.52 Å². The summed E-state index contributed by atoms with van der Waals surface area (Å²) >= 11 is 1.56. The third-order valence-corrected chi connectivity index (χ3v) is 2.96. The zero-order valence-electron chi connectivity index (χ0n) is 8.40. The van der Waals surface area contributed by atoms with Crippen LogP contribution in [0.4, 0.5) is 5.69 Å². The quantitative estimate of drug-likeness (QED) is 0.849. The van der Waals surface area contributed by atoms with Gasteiger partial charge in [-0.3, -0.25) is 4.79 Å². The second-order valence-corrected chi connectivity index (χ2v) is 3.96. The molecule has 2 aromatic rings. The second kappa shape index (κ2) is 3.86. The highest BCUT2D eigenvalue weighted by Gasteiger charge is 2.13. The SMILES string of the molecule is Cc1cscc1NC(=O)c1cnoc1C. The molecule has 0 aliphatic heterocycles. The lowest BCUT2D eigenvalue weighted by molar-refractivity contribution is 0.102. The molecule has 0 spiro atoms. The minimum atomic E-state index is -0.185. The van der Waals surface area contributed by atoms with Gasteiger partial charge in [0.1, 0.15) is 11.3 Å². The molecule has 0 unspecified atom stereocenters. The van der Waals surface area contributed by atoms with Gasteiger partial charge in [-0.05, 0) is 24.8 Å². The number of anilines is 1. The fraction of sp³-hybridized carbons (Fsp3) is 0.200. The van der Waals surface area contributed by atoms with E-state index in [1.807, 2.05) is 17.7 Å². The van der Waals surface area contributed by atoms with Gasteiger partial charge in [-0.15, -0.1) is 11.3 Å². The van der Waals surface area contributed by atoms with Crippen LogP contribution in [0.5, 0.6) is 0 Å². The third-order valence-electron chi connectivity index (χ3n) is 2.10. The number of thiophene rings is 1. The maximum atomic E-state index is 11.7. The van der Waals surface area contributed by atoms with Crippen LogP contribution in [0.2, 0.25) is 0 Å². The van der Waals surface area contributed by atoms with E-state index in [2.05, 4.69) is 10.5 Å². The Bertz CT molecular complexity index is 487. The van der Waals surface area contributed by atoms with Crippen LogP contribution in [0.3, 0.4) is 0 Å². The lowest BCUT2D eigenvalue weighted by atomic mass is 10.2. The van der Waals surface area contributed by atoms with Crippen molar-refractivity contribution in [2.75, 3.05) is 5.32 Å². The summed E-state index contributed by atoms with van der Waals surface area (Å²) in [5, 5.41) is 10.2. The topological polar surface area (TPSA) is 55.1 Å². The Hall–Kier alpha value is -1.62. The smallest absolute Gasteiger partial charge is 0.260 e. The van der Waals surface area contributed by atoms with Gasteiger partial charge in [0.2, 0.25) is 0 Å². The van der Waals surface area contributed by atoms with E-state index in [0.29, 0.717) is 11.3 Å². The van der Waals surface area contributed by atoms with Gasteiger partial charge in [-0.2, -0.15) is 0 Å². The Balaban J connectivity index is 2.18. The zero-order valence-corrected chi connectivity index (χ0v) is 9.22. The van der Waals surface area contributed by atoms with Gasteiger partial charge in [0, 0.05) is 5.38 Å². The molecule has 2 rings (SSSR count). The monoisotopic (exact) mass is 222 g/mol.